The molecule has 5 unspecified atom stereocenters. The van der Waals surface area contributed by atoms with Crippen LogP contribution in [0.15, 0.2) is 0 Å². The Balaban J connectivity index is 1.79. The van der Waals surface area contributed by atoms with Crippen LogP contribution in [0, 0.1) is 23.7 Å². The van der Waals surface area contributed by atoms with Gasteiger partial charge in [-0.3, -0.25) is 0 Å². The quantitative estimate of drug-likeness (QED) is 0.536. The summed E-state index contributed by atoms with van der Waals surface area (Å²) in [6.07, 6.45) is 5.44. The molecule has 3 saturated carbocycles. The van der Waals surface area contributed by atoms with E-state index in [1.54, 1.807) is 0 Å². The molecule has 1 heteroatoms. The number of rotatable bonds is 0. The molecule has 0 amide bonds. The molecular formula is C9H14O. The number of hydrogen-bond acceptors (Lipinski definition) is 1. The van der Waals surface area contributed by atoms with Gasteiger partial charge in [-0.25, -0.2) is 0 Å². The summed E-state index contributed by atoms with van der Waals surface area (Å²) >= 11 is 0. The fraction of sp³-hybridized carbons (Fsp3) is 1.00. The molecule has 0 aliphatic heterocycles. The number of fused-ring (bicyclic) bond motifs is 2. The third-order valence-corrected chi connectivity index (χ3v) is 3.69. The van der Waals surface area contributed by atoms with Crippen LogP contribution in [0.2, 0.25) is 0 Å². The Hall–Kier alpha value is -0.0400. The van der Waals surface area contributed by atoms with Gasteiger partial charge in [0.1, 0.15) is 0 Å². The van der Waals surface area contributed by atoms with Gasteiger partial charge in [0.2, 0.25) is 0 Å². The summed E-state index contributed by atoms with van der Waals surface area (Å²) in [4.78, 5) is 0. The normalized spacial score (nSPS) is 63.9. The topological polar surface area (TPSA) is 20.2 Å². The summed E-state index contributed by atoms with van der Waals surface area (Å²) < 4.78 is 0. The van der Waals surface area contributed by atoms with Gasteiger partial charge < -0.3 is 5.11 Å². The molecule has 56 valence electrons. The number of hydrogen-bond donors (Lipinski definition) is 1. The van der Waals surface area contributed by atoms with Crippen molar-refractivity contribution in [3.8, 4) is 0 Å². The second-order valence-corrected chi connectivity index (χ2v) is 4.45. The van der Waals surface area contributed by atoms with Crippen LogP contribution in [0.25, 0.3) is 0 Å². The van der Waals surface area contributed by atoms with Gasteiger partial charge in [-0.05, 0) is 49.4 Å². The van der Waals surface area contributed by atoms with Crippen LogP contribution in [0.3, 0.4) is 0 Å². The second-order valence-electron chi connectivity index (χ2n) is 4.45. The predicted molar refractivity (Wildman–Crippen MR) is 38.4 cm³/mol. The van der Waals surface area contributed by atoms with Crippen LogP contribution < -0.4 is 0 Å². The molecular weight excluding hydrogens is 124 g/mol. The smallest absolute Gasteiger partial charge is 0.0573 e. The molecule has 0 aromatic rings. The van der Waals surface area contributed by atoms with Crippen LogP contribution in [-0.2, 0) is 0 Å². The summed E-state index contributed by atoms with van der Waals surface area (Å²) in [5.74, 6) is 3.63. The van der Waals surface area contributed by atoms with Crippen molar-refractivity contribution in [1.29, 1.82) is 0 Å². The van der Waals surface area contributed by atoms with Crippen LogP contribution >= 0.6 is 0 Å². The third-order valence-electron chi connectivity index (χ3n) is 3.69. The van der Waals surface area contributed by atoms with Crippen LogP contribution in [-0.4, -0.2) is 11.2 Å². The molecule has 0 heterocycles. The van der Waals surface area contributed by atoms with Gasteiger partial charge in [0, 0.05) is 0 Å². The molecule has 0 aromatic heterocycles. The first-order valence-corrected chi connectivity index (χ1v) is 4.52. The Morgan fingerprint density at radius 2 is 1.50 bits per heavy atom. The van der Waals surface area contributed by atoms with E-state index < -0.39 is 0 Å². The zero-order valence-corrected chi connectivity index (χ0v) is 6.16. The molecule has 0 radical (unpaired) electrons. The SMILES string of the molecule is OC1CC2CC2CC2CC12. The van der Waals surface area contributed by atoms with Gasteiger partial charge in [-0.2, -0.15) is 0 Å². The highest BCUT2D eigenvalue weighted by Gasteiger charge is 2.53. The molecule has 5 atom stereocenters. The van der Waals surface area contributed by atoms with Crippen molar-refractivity contribution in [3.63, 3.8) is 0 Å². The van der Waals surface area contributed by atoms with Crippen molar-refractivity contribution in [1.82, 2.24) is 0 Å². The molecule has 10 heavy (non-hydrogen) atoms. The number of aliphatic hydroxyl groups excluding tert-OH is 1. The first-order valence-electron chi connectivity index (χ1n) is 4.52. The van der Waals surface area contributed by atoms with Gasteiger partial charge in [0.15, 0.2) is 0 Å². The van der Waals surface area contributed by atoms with E-state index in [0.29, 0.717) is 0 Å². The van der Waals surface area contributed by atoms with Crippen LogP contribution in [0.5, 0.6) is 0 Å². The maximum Gasteiger partial charge on any atom is 0.0573 e. The minimum atomic E-state index is 0.0856. The molecule has 3 aliphatic rings. The minimum absolute atomic E-state index is 0.0856. The average molecular weight is 138 g/mol. The maximum atomic E-state index is 9.60. The number of aliphatic hydroxyl groups is 1. The fourth-order valence-corrected chi connectivity index (χ4v) is 2.77. The lowest BCUT2D eigenvalue weighted by Crippen LogP contribution is -2.09. The molecule has 0 bridgehead atoms. The van der Waals surface area contributed by atoms with E-state index >= 15 is 0 Å². The monoisotopic (exact) mass is 138 g/mol. The Morgan fingerprint density at radius 3 is 2.40 bits per heavy atom. The lowest BCUT2D eigenvalue weighted by molar-refractivity contribution is 0.133. The summed E-state index contributed by atoms with van der Waals surface area (Å²) in [7, 11) is 0. The highest BCUT2D eigenvalue weighted by Crippen LogP contribution is 2.59. The van der Waals surface area contributed by atoms with E-state index in [9.17, 15) is 5.11 Å². The van der Waals surface area contributed by atoms with Gasteiger partial charge >= 0.3 is 0 Å². The highest BCUT2D eigenvalue weighted by atomic mass is 16.3. The summed E-state index contributed by atoms with van der Waals surface area (Å²) in [5, 5.41) is 9.60. The Kier molecular flexibility index (Phi) is 0.883. The van der Waals surface area contributed by atoms with Crippen molar-refractivity contribution in [3.05, 3.63) is 0 Å². The van der Waals surface area contributed by atoms with Crippen molar-refractivity contribution >= 4 is 0 Å². The standard InChI is InChI=1S/C9H14O/c10-9-4-6-1-5(6)2-7-3-8(7)9/h5-10H,1-4H2. The minimum Gasteiger partial charge on any atom is -0.393 e. The zero-order chi connectivity index (χ0) is 6.72. The van der Waals surface area contributed by atoms with E-state index in [2.05, 4.69) is 0 Å². The van der Waals surface area contributed by atoms with Crippen LogP contribution in [0.1, 0.15) is 25.7 Å². The molecule has 0 saturated heterocycles. The summed E-state index contributed by atoms with van der Waals surface area (Å²) in [5.41, 5.74) is 0. The van der Waals surface area contributed by atoms with Gasteiger partial charge in [-0.15, -0.1) is 0 Å². The van der Waals surface area contributed by atoms with Gasteiger partial charge in [0.05, 0.1) is 6.10 Å². The Morgan fingerprint density at radius 1 is 0.800 bits per heavy atom. The van der Waals surface area contributed by atoms with E-state index in [1.165, 1.54) is 19.3 Å². The van der Waals surface area contributed by atoms with Gasteiger partial charge in [0.25, 0.3) is 0 Å². The largest absolute Gasteiger partial charge is 0.393 e. The predicted octanol–water partition coefficient (Wildman–Crippen LogP) is 1.41. The zero-order valence-electron chi connectivity index (χ0n) is 6.16. The van der Waals surface area contributed by atoms with Crippen molar-refractivity contribution in [2.45, 2.75) is 31.8 Å². The lowest BCUT2D eigenvalue weighted by Gasteiger charge is -2.05. The molecule has 0 spiro atoms. The summed E-state index contributed by atoms with van der Waals surface area (Å²) in [6.45, 7) is 0. The molecule has 0 aromatic carbocycles. The fourth-order valence-electron chi connectivity index (χ4n) is 2.77. The molecule has 3 aliphatic carbocycles. The first-order chi connectivity index (χ1) is 4.84. The molecule has 1 nitrogen and oxygen atoms in total. The highest BCUT2D eigenvalue weighted by molar-refractivity contribution is 5.03. The Bertz CT molecular complexity index is 164. The van der Waals surface area contributed by atoms with E-state index in [0.717, 1.165) is 30.1 Å². The molecule has 1 N–H and O–H groups in total. The molecule has 3 rings (SSSR count). The average Bonchev–Trinajstić information content (AvgIpc) is 2.66. The van der Waals surface area contributed by atoms with E-state index in [1.807, 2.05) is 0 Å². The lowest BCUT2D eigenvalue weighted by atomic mass is 10.1. The van der Waals surface area contributed by atoms with Crippen molar-refractivity contribution in [2.75, 3.05) is 0 Å². The van der Waals surface area contributed by atoms with E-state index in [4.69, 9.17) is 0 Å². The van der Waals surface area contributed by atoms with Crippen molar-refractivity contribution < 1.29 is 5.11 Å². The van der Waals surface area contributed by atoms with Gasteiger partial charge in [-0.1, -0.05) is 0 Å². The maximum absolute atomic E-state index is 9.60. The second kappa shape index (κ2) is 1.58. The first kappa shape index (κ1) is 5.59. The molecule has 3 fully saturated rings. The summed E-state index contributed by atoms with van der Waals surface area (Å²) in [6, 6.07) is 0. The Labute approximate surface area is 61.4 Å². The van der Waals surface area contributed by atoms with Crippen LogP contribution in [0.4, 0.5) is 0 Å². The third kappa shape index (κ3) is 0.672. The van der Waals surface area contributed by atoms with Crippen molar-refractivity contribution in [2.24, 2.45) is 23.7 Å². The van der Waals surface area contributed by atoms with E-state index in [-0.39, 0.29) is 6.10 Å².